The summed E-state index contributed by atoms with van der Waals surface area (Å²) in [6, 6.07) is 18.0. The van der Waals surface area contributed by atoms with Crippen LogP contribution in [-0.2, 0) is 39.0 Å². The molecule has 11 rings (SSSR count). The average molecular weight is 1040 g/mol. The van der Waals surface area contributed by atoms with Gasteiger partial charge in [0.2, 0.25) is 0 Å². The van der Waals surface area contributed by atoms with E-state index in [-0.39, 0.29) is 37.5 Å². The fourth-order valence-corrected chi connectivity index (χ4v) is 14.3. The monoisotopic (exact) mass is 1040 g/mol. The number of aromatic nitrogens is 8. The molecule has 6 aromatic heterocycles. The van der Waals surface area contributed by atoms with Crippen LogP contribution in [0.2, 0.25) is 0 Å². The second-order valence-electron chi connectivity index (χ2n) is 18.0. The molecule has 384 valence electrons. The van der Waals surface area contributed by atoms with Crippen LogP contribution in [0.25, 0.3) is 44.8 Å². The summed E-state index contributed by atoms with van der Waals surface area (Å²) < 4.78 is 75.5. The lowest BCUT2D eigenvalue weighted by molar-refractivity contribution is 0.0985. The molecule has 4 fully saturated rings. The van der Waals surface area contributed by atoms with Crippen molar-refractivity contribution in [3.05, 3.63) is 91.0 Å². The number of nitrogens with zero attached hydrogens (tertiary/aromatic N) is 11. The van der Waals surface area contributed by atoms with E-state index in [1.807, 2.05) is 31.3 Å². The molecule has 7 aromatic rings. The zero-order valence-electron chi connectivity index (χ0n) is 39.4. The minimum atomic E-state index is -3.87. The highest BCUT2D eigenvalue weighted by Gasteiger charge is 2.27. The van der Waals surface area contributed by atoms with Crippen molar-refractivity contribution in [2.45, 2.75) is 71.9 Å². The first kappa shape index (κ1) is 52.4. The Bertz CT molecular complexity index is 3400. The number of ether oxygens (including phenoxy) is 2. The van der Waals surface area contributed by atoms with Crippen LogP contribution in [0.3, 0.4) is 0 Å². The van der Waals surface area contributed by atoms with Crippen molar-refractivity contribution in [2.24, 2.45) is 8.73 Å². The first-order chi connectivity index (χ1) is 33.8. The number of nitrogens with one attached hydrogen (secondary N) is 2. The number of aryl methyl sites for hydroxylation is 1. The first-order valence-corrected chi connectivity index (χ1v) is 28.8. The van der Waals surface area contributed by atoms with Gasteiger partial charge in [0.05, 0.1) is 62.9 Å². The zero-order valence-corrected chi connectivity index (χ0v) is 41.9. The first-order valence-electron chi connectivity index (χ1n) is 23.7. The lowest BCUT2D eigenvalue weighted by Gasteiger charge is -2.34. The number of H-pyrrole nitrogens is 1. The molecule has 4 aliphatic heterocycles. The molecule has 0 radical (unpaired) electrons. The van der Waals surface area contributed by atoms with Gasteiger partial charge >= 0.3 is 0 Å². The second kappa shape index (κ2) is 22.1. The minimum Gasteiger partial charge on any atom is -0.377 e. The number of morpholine rings is 2. The summed E-state index contributed by atoms with van der Waals surface area (Å²) in [6.45, 7) is 11.3. The molecule has 0 aliphatic carbocycles. The second-order valence-corrected chi connectivity index (χ2v) is 24.9. The van der Waals surface area contributed by atoms with E-state index in [1.165, 1.54) is 10.2 Å². The molecule has 2 N–H and O–H groups in total. The number of fused-ring (bicyclic) bond motifs is 2. The molecule has 0 bridgehead atoms. The van der Waals surface area contributed by atoms with Crippen molar-refractivity contribution in [2.75, 3.05) is 85.4 Å². The number of benzene rings is 1. The Labute approximate surface area is 423 Å². The van der Waals surface area contributed by atoms with Gasteiger partial charge in [-0.1, -0.05) is 39.0 Å². The number of hydrogen-bond donors (Lipinski definition) is 2. The van der Waals surface area contributed by atoms with Gasteiger partial charge in [-0.25, -0.2) is 50.7 Å². The van der Waals surface area contributed by atoms with Crippen molar-refractivity contribution in [1.82, 2.24) is 44.2 Å². The highest BCUT2D eigenvalue weighted by molar-refractivity contribution is 7.94. The quantitative estimate of drug-likeness (QED) is 0.148. The Balaban J connectivity index is 0.000000194. The fraction of sp³-hybridized carbons (Fsp3) is 0.440. The Morgan fingerprint density at radius 3 is 1.82 bits per heavy atom. The number of rotatable bonds is 8. The third kappa shape index (κ3) is 11.2. The summed E-state index contributed by atoms with van der Waals surface area (Å²) in [7, 11) is -8.59. The molecule has 22 heteroatoms. The van der Waals surface area contributed by atoms with E-state index in [2.05, 4.69) is 48.3 Å². The van der Waals surface area contributed by atoms with Crippen molar-refractivity contribution >= 4 is 74.8 Å². The minimum absolute atomic E-state index is 0. The molecule has 4 saturated heterocycles. The zero-order chi connectivity index (χ0) is 48.5. The number of anilines is 2. The molecular formula is C50H65N13O6S3. The lowest BCUT2D eigenvalue weighted by Crippen LogP contribution is -2.44. The normalized spacial score (nSPS) is 19.9. The van der Waals surface area contributed by atoms with Gasteiger partial charge in [-0.05, 0) is 70.0 Å². The maximum absolute atomic E-state index is 13.5. The highest BCUT2D eigenvalue weighted by Crippen LogP contribution is 2.34. The van der Waals surface area contributed by atoms with E-state index in [4.69, 9.17) is 33.8 Å². The molecule has 0 unspecified atom stereocenters. The number of aromatic amines is 1. The van der Waals surface area contributed by atoms with E-state index in [1.54, 1.807) is 54.9 Å². The molecule has 0 amide bonds. The van der Waals surface area contributed by atoms with E-state index < -0.39 is 29.5 Å². The smallest absolute Gasteiger partial charge is 0.269 e. The molecule has 10 heterocycles. The summed E-state index contributed by atoms with van der Waals surface area (Å²) in [6.07, 6.45) is 9.51. The topological polar surface area (TPSA) is 228 Å². The van der Waals surface area contributed by atoms with Crippen molar-refractivity contribution in [1.29, 1.82) is 0 Å². The van der Waals surface area contributed by atoms with Gasteiger partial charge in [0.1, 0.15) is 17.3 Å². The molecule has 2 atom stereocenters. The van der Waals surface area contributed by atoms with Crippen molar-refractivity contribution in [3.8, 4) is 22.8 Å². The average Bonchev–Trinajstić information content (AvgIpc) is 4.03. The third-order valence-electron chi connectivity index (χ3n) is 12.9. The standard InChI is InChI=1S/C28H32N6O4S2.C20H25N7O2S.2CH4/c1-20-6-8-22(9-7-20)40(36,37)34-13-11-24-23(10-12-29-28(24)34)27-30-25(32-39(35)16-4-3-5-17-39)18-26(31-27)33-14-15-38-19-21(33)2;1-14-13-29-9-8-27(14)18-12-17(26-30(28)10-6-21-7-11-30)24-20(25-18)16-3-5-23-19-15(16)2-4-22-19;;/h6-13,18,21H,3-5,14-17,19H2,1-2H3;2-5,12,14,21H,6-11,13H2,1H3,(H,22,23);2*1H4/t21-;14-;;/m11../s1. The Kier molecular flexibility index (Phi) is 16.1. The summed E-state index contributed by atoms with van der Waals surface area (Å²) >= 11 is 0. The van der Waals surface area contributed by atoms with Crippen LogP contribution >= 0.6 is 0 Å². The summed E-state index contributed by atoms with van der Waals surface area (Å²) in [5.74, 6) is 5.45. The number of pyridine rings is 2. The van der Waals surface area contributed by atoms with Crippen LogP contribution in [0.1, 0.15) is 53.5 Å². The van der Waals surface area contributed by atoms with Gasteiger partial charge in [0.25, 0.3) is 10.0 Å². The lowest BCUT2D eigenvalue weighted by atomic mass is 10.1. The SMILES string of the molecule is C.C.C[C@@H]1COCCN1c1cc(N=S2(=O)CCNCC2)nc(-c2ccnc3[nH]ccc23)n1.Cc1ccc(S(=O)(=O)n2ccc3c(-c4nc(N=S5(=O)CCCCC5)cc(N5CCOC[C@H]5C)n4)ccnc32)cc1. The van der Waals surface area contributed by atoms with Crippen LogP contribution in [0.5, 0.6) is 0 Å². The Morgan fingerprint density at radius 2 is 1.24 bits per heavy atom. The van der Waals surface area contributed by atoms with Crippen LogP contribution < -0.4 is 15.1 Å². The van der Waals surface area contributed by atoms with Crippen LogP contribution in [0, 0.1) is 6.92 Å². The van der Waals surface area contributed by atoms with Crippen LogP contribution in [0.4, 0.5) is 23.3 Å². The van der Waals surface area contributed by atoms with Crippen molar-refractivity contribution in [3.63, 3.8) is 0 Å². The Hall–Kier alpha value is -5.91. The predicted molar refractivity (Wildman–Crippen MR) is 287 cm³/mol. The Morgan fingerprint density at radius 1 is 0.681 bits per heavy atom. The summed E-state index contributed by atoms with van der Waals surface area (Å²) in [5.41, 5.74) is 3.54. The largest absolute Gasteiger partial charge is 0.377 e. The van der Waals surface area contributed by atoms with Gasteiger partial charge in [-0.3, -0.25) is 0 Å². The molecule has 0 saturated carbocycles. The molecule has 72 heavy (non-hydrogen) atoms. The maximum Gasteiger partial charge on any atom is 0.269 e. The molecule has 19 nitrogen and oxygen atoms in total. The highest BCUT2D eigenvalue weighted by atomic mass is 32.2. The predicted octanol–water partition coefficient (Wildman–Crippen LogP) is 7.77. The van der Waals surface area contributed by atoms with Gasteiger partial charge in [-0.15, -0.1) is 0 Å². The van der Waals surface area contributed by atoms with E-state index in [0.29, 0.717) is 109 Å². The molecule has 1 aromatic carbocycles. The number of hydrogen-bond acceptors (Lipinski definition) is 17. The van der Waals surface area contributed by atoms with Gasteiger partial charge in [0, 0.05) is 108 Å². The van der Waals surface area contributed by atoms with Crippen LogP contribution in [-0.4, -0.2) is 143 Å². The van der Waals surface area contributed by atoms with Gasteiger partial charge in [0.15, 0.2) is 28.9 Å². The maximum atomic E-state index is 13.5. The van der Waals surface area contributed by atoms with E-state index >= 15 is 0 Å². The van der Waals surface area contributed by atoms with E-state index in [0.717, 1.165) is 53.8 Å². The molecule has 0 spiro atoms. The summed E-state index contributed by atoms with van der Waals surface area (Å²) in [5, 5.41) is 4.79. The van der Waals surface area contributed by atoms with E-state index in [9.17, 15) is 16.8 Å². The van der Waals surface area contributed by atoms with Gasteiger partial charge in [-0.2, -0.15) is 8.73 Å². The molecular weight excluding hydrogens is 975 g/mol. The fourth-order valence-electron chi connectivity index (χ4n) is 9.14. The third-order valence-corrected chi connectivity index (χ3v) is 19.2. The van der Waals surface area contributed by atoms with Gasteiger partial charge < -0.3 is 29.6 Å². The van der Waals surface area contributed by atoms with Crippen LogP contribution in [0.15, 0.2) is 99.1 Å². The van der Waals surface area contributed by atoms with Crippen molar-refractivity contribution < 1.29 is 26.3 Å². The molecule has 4 aliphatic rings. The summed E-state index contributed by atoms with van der Waals surface area (Å²) in [4.78, 5) is 35.7.